The molecule has 4 heterocycles. The number of fused-ring (bicyclic) bond motifs is 2. The first-order chi connectivity index (χ1) is 15.6. The molecular weight excluding hydrogens is 418 g/mol. The highest BCUT2D eigenvalue weighted by Crippen LogP contribution is 2.38. The Labute approximate surface area is 204 Å². The van der Waals surface area contributed by atoms with E-state index in [1.807, 2.05) is 19.0 Å². The second-order valence-electron chi connectivity index (χ2n) is 13.2. The second-order valence-corrected chi connectivity index (χ2v) is 13.2. The number of hydrogen-bond acceptors (Lipinski definition) is 3. The fourth-order valence-corrected chi connectivity index (χ4v) is 4.70. The Morgan fingerprint density at radius 2 is 1.18 bits per heavy atom. The Kier molecular flexibility index (Phi) is 5.70. The molecule has 0 aromatic carbocycles. The predicted molar refractivity (Wildman–Crippen MR) is 141 cm³/mol. The maximum atomic E-state index is 4.85. The van der Waals surface area contributed by atoms with E-state index in [1.54, 1.807) is 0 Å². The molecule has 0 unspecified atom stereocenters. The van der Waals surface area contributed by atoms with E-state index in [2.05, 4.69) is 107 Å². The van der Waals surface area contributed by atoms with Crippen molar-refractivity contribution in [1.29, 1.82) is 0 Å². The van der Waals surface area contributed by atoms with E-state index in [1.165, 1.54) is 16.6 Å². The van der Waals surface area contributed by atoms with Crippen molar-refractivity contribution in [3.8, 4) is 0 Å². The number of rotatable bonds is 5. The van der Waals surface area contributed by atoms with Gasteiger partial charge in [-0.3, -0.25) is 4.40 Å². The molecule has 4 rings (SSSR count). The first-order valence-electron chi connectivity index (χ1n) is 12.4. The van der Waals surface area contributed by atoms with Crippen molar-refractivity contribution in [2.24, 2.45) is 0 Å². The Balaban J connectivity index is 1.62. The summed E-state index contributed by atoms with van der Waals surface area (Å²) < 4.78 is 4.20. The molecule has 0 bridgehead atoms. The normalized spacial score (nSPS) is 13.8. The summed E-state index contributed by atoms with van der Waals surface area (Å²) in [6.45, 7) is 22.7. The minimum absolute atomic E-state index is 0.00758. The SMILES string of the molecule is CC(C)(C)c1cc2c(C(C)(C)CCC(C)(C)c3ccn4cnc(C(C)(C)C)c4c3)ncn2cn1. The van der Waals surface area contributed by atoms with E-state index >= 15 is 0 Å². The molecule has 34 heavy (non-hydrogen) atoms. The summed E-state index contributed by atoms with van der Waals surface area (Å²) in [6.07, 6.45) is 9.99. The Morgan fingerprint density at radius 1 is 0.618 bits per heavy atom. The lowest BCUT2D eigenvalue weighted by Gasteiger charge is -2.31. The van der Waals surface area contributed by atoms with Gasteiger partial charge in [-0.15, -0.1) is 0 Å². The third kappa shape index (κ3) is 4.49. The first kappa shape index (κ1) is 24.4. The zero-order valence-electron chi connectivity index (χ0n) is 22.7. The first-order valence-corrected chi connectivity index (χ1v) is 12.4. The number of hydrogen-bond donors (Lipinski definition) is 0. The van der Waals surface area contributed by atoms with Gasteiger partial charge in [-0.2, -0.15) is 0 Å². The van der Waals surface area contributed by atoms with Gasteiger partial charge in [-0.1, -0.05) is 69.2 Å². The highest BCUT2D eigenvalue weighted by Gasteiger charge is 2.31. The summed E-state index contributed by atoms with van der Waals surface area (Å²) in [5.41, 5.74) is 7.13. The van der Waals surface area contributed by atoms with Crippen LogP contribution in [-0.4, -0.2) is 23.8 Å². The molecule has 0 spiro atoms. The molecule has 0 fully saturated rings. The zero-order valence-corrected chi connectivity index (χ0v) is 22.7. The molecule has 5 nitrogen and oxygen atoms in total. The number of imidazole rings is 2. The van der Waals surface area contributed by atoms with Gasteiger partial charge in [0.1, 0.15) is 12.7 Å². The molecule has 0 aliphatic heterocycles. The highest BCUT2D eigenvalue weighted by atomic mass is 15.0. The minimum atomic E-state index is -0.0557. The van der Waals surface area contributed by atoms with Gasteiger partial charge in [0.05, 0.1) is 28.7 Å². The molecule has 0 amide bonds. The van der Waals surface area contributed by atoms with Crippen molar-refractivity contribution in [2.45, 2.75) is 104 Å². The molecule has 5 heteroatoms. The molecule has 0 saturated heterocycles. The van der Waals surface area contributed by atoms with Crippen LogP contribution in [0.4, 0.5) is 0 Å². The van der Waals surface area contributed by atoms with Crippen molar-refractivity contribution >= 4 is 11.0 Å². The average molecular weight is 460 g/mol. The molecule has 0 atom stereocenters. The van der Waals surface area contributed by atoms with Crippen molar-refractivity contribution in [2.75, 3.05) is 0 Å². The van der Waals surface area contributed by atoms with Crippen LogP contribution in [0.3, 0.4) is 0 Å². The maximum absolute atomic E-state index is 4.85. The summed E-state index contributed by atoms with van der Waals surface area (Å²) in [7, 11) is 0. The summed E-state index contributed by atoms with van der Waals surface area (Å²) in [5.74, 6) is 0. The topological polar surface area (TPSA) is 47.5 Å². The molecule has 0 saturated carbocycles. The maximum Gasteiger partial charge on any atom is 0.101 e. The van der Waals surface area contributed by atoms with Gasteiger partial charge in [0.2, 0.25) is 0 Å². The monoisotopic (exact) mass is 459 g/mol. The van der Waals surface area contributed by atoms with Gasteiger partial charge in [-0.25, -0.2) is 15.0 Å². The van der Waals surface area contributed by atoms with Gasteiger partial charge in [0.25, 0.3) is 0 Å². The lowest BCUT2D eigenvalue weighted by Crippen LogP contribution is -2.25. The summed E-state index contributed by atoms with van der Waals surface area (Å²) in [5, 5.41) is 0. The van der Waals surface area contributed by atoms with Crippen LogP contribution >= 0.6 is 0 Å². The molecule has 0 aliphatic rings. The highest BCUT2D eigenvalue weighted by molar-refractivity contribution is 5.58. The van der Waals surface area contributed by atoms with Crippen LogP contribution < -0.4 is 0 Å². The van der Waals surface area contributed by atoms with Crippen LogP contribution in [0.1, 0.15) is 105 Å². The minimum Gasteiger partial charge on any atom is -0.306 e. The van der Waals surface area contributed by atoms with Gasteiger partial charge in [0, 0.05) is 28.1 Å². The Hall–Kier alpha value is -2.69. The quantitative estimate of drug-likeness (QED) is 0.322. The third-order valence-electron chi connectivity index (χ3n) is 7.24. The van der Waals surface area contributed by atoms with Gasteiger partial charge in [0.15, 0.2) is 0 Å². The number of nitrogens with zero attached hydrogens (tertiary/aromatic N) is 5. The Bertz CT molecular complexity index is 1320. The third-order valence-corrected chi connectivity index (χ3v) is 7.24. The molecule has 0 aliphatic carbocycles. The standard InChI is InChI=1S/C29H41N5/c1-26(2,3)23-16-22-25(32-19-34(22)17-30-23)29(9,10)13-12-28(7,8)20-11-14-33-18-31-24(21(33)15-20)27(4,5)6/h11,14-19H,12-13H2,1-10H3. The van der Waals surface area contributed by atoms with E-state index < -0.39 is 0 Å². The van der Waals surface area contributed by atoms with E-state index in [-0.39, 0.29) is 21.7 Å². The lowest BCUT2D eigenvalue weighted by molar-refractivity contribution is 0.371. The molecular formula is C29H41N5. The Morgan fingerprint density at radius 3 is 1.82 bits per heavy atom. The van der Waals surface area contributed by atoms with Gasteiger partial charge in [-0.05, 0) is 42.0 Å². The average Bonchev–Trinajstić information content (AvgIpc) is 3.35. The van der Waals surface area contributed by atoms with E-state index in [4.69, 9.17) is 9.97 Å². The van der Waals surface area contributed by atoms with Crippen LogP contribution in [0.15, 0.2) is 43.4 Å². The smallest absolute Gasteiger partial charge is 0.101 e. The number of pyridine rings is 1. The predicted octanol–water partition coefficient (Wildman–Crippen LogP) is 7.01. The molecule has 4 aromatic rings. The van der Waals surface area contributed by atoms with Crippen LogP contribution in [0.5, 0.6) is 0 Å². The largest absolute Gasteiger partial charge is 0.306 e. The summed E-state index contributed by atoms with van der Waals surface area (Å²) >= 11 is 0. The van der Waals surface area contributed by atoms with Crippen LogP contribution in [0.2, 0.25) is 0 Å². The van der Waals surface area contributed by atoms with Crippen molar-refractivity contribution in [1.82, 2.24) is 23.8 Å². The lowest BCUT2D eigenvalue weighted by atomic mass is 9.74. The molecule has 0 radical (unpaired) electrons. The zero-order chi connectivity index (χ0) is 25.1. The molecule has 0 N–H and O–H groups in total. The number of aromatic nitrogens is 5. The summed E-state index contributed by atoms with van der Waals surface area (Å²) in [6, 6.07) is 6.81. The van der Waals surface area contributed by atoms with Crippen LogP contribution in [0, 0.1) is 0 Å². The van der Waals surface area contributed by atoms with E-state index in [9.17, 15) is 0 Å². The fourth-order valence-electron chi connectivity index (χ4n) is 4.70. The van der Waals surface area contributed by atoms with Crippen LogP contribution in [-0.2, 0) is 21.7 Å². The van der Waals surface area contributed by atoms with Gasteiger partial charge < -0.3 is 4.40 Å². The molecule has 4 aromatic heterocycles. The van der Waals surface area contributed by atoms with Crippen molar-refractivity contribution in [3.05, 3.63) is 66.0 Å². The van der Waals surface area contributed by atoms with E-state index in [0.717, 1.165) is 29.9 Å². The second kappa shape index (κ2) is 7.93. The van der Waals surface area contributed by atoms with Crippen molar-refractivity contribution in [3.63, 3.8) is 0 Å². The summed E-state index contributed by atoms with van der Waals surface area (Å²) in [4.78, 5) is 14.2. The van der Waals surface area contributed by atoms with Crippen molar-refractivity contribution < 1.29 is 0 Å². The van der Waals surface area contributed by atoms with Gasteiger partial charge >= 0.3 is 0 Å². The van der Waals surface area contributed by atoms with E-state index in [0.29, 0.717) is 0 Å². The molecule has 182 valence electrons. The van der Waals surface area contributed by atoms with Crippen LogP contribution in [0.25, 0.3) is 11.0 Å². The fraction of sp³-hybridized carbons (Fsp3) is 0.552.